The van der Waals surface area contributed by atoms with Gasteiger partial charge in [-0.1, -0.05) is 6.92 Å². The number of nitrogens with zero attached hydrogens (tertiary/aromatic N) is 1. The lowest BCUT2D eigenvalue weighted by Crippen LogP contribution is -2.29. The van der Waals surface area contributed by atoms with Crippen molar-refractivity contribution in [1.82, 2.24) is 4.57 Å². The zero-order valence-corrected chi connectivity index (χ0v) is 9.69. The number of carboxylic acid groups (broad SMARTS) is 1. The highest BCUT2D eigenvalue weighted by Gasteiger charge is 2.19. The fourth-order valence-corrected chi connectivity index (χ4v) is 1.78. The number of rotatable bonds is 3. The number of hydrogen-bond acceptors (Lipinski definition) is 3. The fraction of sp³-hybridized carbons (Fsp3) is 0.333. The Morgan fingerprint density at radius 3 is 2.80 bits per heavy atom. The number of aliphatic carboxylic acids is 1. The van der Waals surface area contributed by atoms with Gasteiger partial charge in [-0.15, -0.1) is 0 Å². The number of aromatic nitrogens is 1. The van der Waals surface area contributed by atoms with Gasteiger partial charge in [0.25, 0.3) is 5.56 Å². The van der Waals surface area contributed by atoms with E-state index in [9.17, 15) is 9.59 Å². The molecule has 0 radical (unpaired) electrons. The Morgan fingerprint density at radius 2 is 2.33 bits per heavy atom. The van der Waals surface area contributed by atoms with Crippen molar-refractivity contribution >= 4 is 27.6 Å². The lowest BCUT2D eigenvalue weighted by molar-refractivity contribution is -0.141. The summed E-state index contributed by atoms with van der Waals surface area (Å²) in [4.78, 5) is 22.5. The minimum Gasteiger partial charge on any atom is -0.480 e. The molecule has 1 atom stereocenters. The Kier molecular flexibility index (Phi) is 3.52. The van der Waals surface area contributed by atoms with E-state index in [4.69, 9.17) is 10.8 Å². The Labute approximate surface area is 94.6 Å². The summed E-state index contributed by atoms with van der Waals surface area (Å²) in [5.41, 5.74) is 5.50. The van der Waals surface area contributed by atoms with Crippen molar-refractivity contribution in [1.29, 1.82) is 0 Å². The summed E-state index contributed by atoms with van der Waals surface area (Å²) in [5.74, 6) is -1.04. The largest absolute Gasteiger partial charge is 0.480 e. The van der Waals surface area contributed by atoms with Gasteiger partial charge in [-0.3, -0.25) is 9.36 Å². The van der Waals surface area contributed by atoms with Crippen LogP contribution in [-0.2, 0) is 4.79 Å². The van der Waals surface area contributed by atoms with E-state index in [0.29, 0.717) is 12.1 Å². The molecule has 1 aromatic heterocycles. The van der Waals surface area contributed by atoms with Gasteiger partial charge < -0.3 is 10.8 Å². The van der Waals surface area contributed by atoms with E-state index in [2.05, 4.69) is 15.9 Å². The number of carbonyl (C=O) groups is 1. The van der Waals surface area contributed by atoms with Crippen LogP contribution in [0.1, 0.15) is 19.4 Å². The van der Waals surface area contributed by atoms with E-state index in [-0.39, 0.29) is 4.47 Å². The zero-order valence-electron chi connectivity index (χ0n) is 8.11. The molecular weight excluding hydrogens is 264 g/mol. The molecule has 6 heteroatoms. The number of anilines is 1. The number of hydrogen-bond donors (Lipinski definition) is 2. The normalized spacial score (nSPS) is 12.4. The van der Waals surface area contributed by atoms with Crippen molar-refractivity contribution in [2.75, 3.05) is 5.73 Å². The predicted octanol–water partition coefficient (Wildman–Crippen LogP) is 1.23. The number of pyridine rings is 1. The maximum atomic E-state index is 11.6. The second kappa shape index (κ2) is 4.48. The third-order valence-corrected chi connectivity index (χ3v) is 2.60. The Balaban J connectivity index is 3.35. The Morgan fingerprint density at radius 1 is 1.73 bits per heavy atom. The van der Waals surface area contributed by atoms with Crippen molar-refractivity contribution in [3.63, 3.8) is 0 Å². The first-order valence-electron chi connectivity index (χ1n) is 4.37. The first-order chi connectivity index (χ1) is 6.97. The fourth-order valence-electron chi connectivity index (χ4n) is 1.31. The van der Waals surface area contributed by atoms with E-state index in [1.807, 2.05) is 0 Å². The van der Waals surface area contributed by atoms with E-state index < -0.39 is 17.6 Å². The molecule has 0 aliphatic rings. The van der Waals surface area contributed by atoms with Gasteiger partial charge in [0.05, 0.1) is 4.47 Å². The van der Waals surface area contributed by atoms with E-state index >= 15 is 0 Å². The molecule has 82 valence electrons. The summed E-state index contributed by atoms with van der Waals surface area (Å²) in [6, 6.07) is 0.574. The predicted molar refractivity (Wildman–Crippen MR) is 59.8 cm³/mol. The molecule has 5 nitrogen and oxygen atoms in total. The smallest absolute Gasteiger partial charge is 0.326 e. The molecule has 0 amide bonds. The number of halogens is 1. The molecule has 0 aromatic carbocycles. The second-order valence-electron chi connectivity index (χ2n) is 3.10. The average molecular weight is 275 g/mol. The van der Waals surface area contributed by atoms with Crippen LogP contribution in [0.4, 0.5) is 5.69 Å². The van der Waals surface area contributed by atoms with E-state index in [1.54, 1.807) is 6.92 Å². The first kappa shape index (κ1) is 11.8. The van der Waals surface area contributed by atoms with Crippen LogP contribution in [-0.4, -0.2) is 15.6 Å². The molecule has 0 aliphatic carbocycles. The summed E-state index contributed by atoms with van der Waals surface area (Å²) in [6.45, 7) is 1.70. The van der Waals surface area contributed by atoms with Gasteiger partial charge in [-0.25, -0.2) is 4.79 Å². The van der Waals surface area contributed by atoms with Gasteiger partial charge in [0.15, 0.2) is 0 Å². The SMILES string of the molecule is CCC(C(=O)O)n1cc(N)cc(Br)c1=O. The maximum Gasteiger partial charge on any atom is 0.326 e. The van der Waals surface area contributed by atoms with Crippen LogP contribution < -0.4 is 11.3 Å². The van der Waals surface area contributed by atoms with Crippen LogP contribution in [0.25, 0.3) is 0 Å². The summed E-state index contributed by atoms with van der Waals surface area (Å²) >= 11 is 3.04. The third-order valence-electron chi connectivity index (χ3n) is 2.03. The van der Waals surface area contributed by atoms with Crippen molar-refractivity contribution in [3.8, 4) is 0 Å². The van der Waals surface area contributed by atoms with Crippen molar-refractivity contribution in [2.45, 2.75) is 19.4 Å². The van der Waals surface area contributed by atoms with Gasteiger partial charge in [0, 0.05) is 11.9 Å². The monoisotopic (exact) mass is 274 g/mol. The summed E-state index contributed by atoms with van der Waals surface area (Å²) in [5, 5.41) is 8.92. The highest BCUT2D eigenvalue weighted by atomic mass is 79.9. The van der Waals surface area contributed by atoms with Gasteiger partial charge in [-0.05, 0) is 28.4 Å². The maximum absolute atomic E-state index is 11.6. The average Bonchev–Trinajstić information content (AvgIpc) is 2.13. The quantitative estimate of drug-likeness (QED) is 0.868. The van der Waals surface area contributed by atoms with Crippen LogP contribution >= 0.6 is 15.9 Å². The van der Waals surface area contributed by atoms with Crippen molar-refractivity contribution < 1.29 is 9.90 Å². The summed E-state index contributed by atoms with van der Waals surface area (Å²) in [7, 11) is 0. The topological polar surface area (TPSA) is 85.3 Å². The molecule has 0 saturated heterocycles. The Bertz CT molecular complexity index is 441. The first-order valence-corrected chi connectivity index (χ1v) is 5.16. The molecule has 1 unspecified atom stereocenters. The van der Waals surface area contributed by atoms with Crippen LogP contribution in [0.5, 0.6) is 0 Å². The number of nitrogens with two attached hydrogens (primary N) is 1. The van der Waals surface area contributed by atoms with Gasteiger partial charge >= 0.3 is 5.97 Å². The lowest BCUT2D eigenvalue weighted by Gasteiger charge is -2.14. The molecule has 0 fully saturated rings. The number of carboxylic acids is 1. The Hall–Kier alpha value is -1.30. The lowest BCUT2D eigenvalue weighted by atomic mass is 10.2. The molecule has 3 N–H and O–H groups in total. The van der Waals surface area contributed by atoms with Crippen LogP contribution in [0, 0.1) is 0 Å². The molecule has 15 heavy (non-hydrogen) atoms. The molecule has 0 saturated carbocycles. The molecular formula is C9H11BrN2O3. The minimum absolute atomic E-state index is 0.266. The van der Waals surface area contributed by atoms with Crippen LogP contribution in [0.15, 0.2) is 21.5 Å². The molecule has 0 spiro atoms. The molecule has 0 aliphatic heterocycles. The van der Waals surface area contributed by atoms with Gasteiger partial charge in [0.1, 0.15) is 6.04 Å². The highest BCUT2D eigenvalue weighted by molar-refractivity contribution is 9.10. The third kappa shape index (κ3) is 2.38. The summed E-state index contributed by atoms with van der Waals surface area (Å²) in [6.07, 6.45) is 1.67. The van der Waals surface area contributed by atoms with E-state index in [0.717, 1.165) is 4.57 Å². The molecule has 1 heterocycles. The van der Waals surface area contributed by atoms with E-state index in [1.165, 1.54) is 12.3 Å². The van der Waals surface area contributed by atoms with Crippen molar-refractivity contribution in [2.24, 2.45) is 0 Å². The molecule has 0 bridgehead atoms. The van der Waals surface area contributed by atoms with Gasteiger partial charge in [0.2, 0.25) is 0 Å². The number of nitrogen functional groups attached to an aromatic ring is 1. The standard InChI is InChI=1S/C9H11BrN2O3/c1-2-7(9(14)15)12-4-5(11)3-6(10)8(12)13/h3-4,7H,2,11H2,1H3,(H,14,15). The van der Waals surface area contributed by atoms with Crippen LogP contribution in [0.2, 0.25) is 0 Å². The van der Waals surface area contributed by atoms with Crippen molar-refractivity contribution in [3.05, 3.63) is 27.1 Å². The molecule has 1 rings (SSSR count). The summed E-state index contributed by atoms with van der Waals surface area (Å²) < 4.78 is 1.39. The minimum atomic E-state index is -1.04. The molecule has 1 aromatic rings. The van der Waals surface area contributed by atoms with Crippen LogP contribution in [0.3, 0.4) is 0 Å². The second-order valence-corrected chi connectivity index (χ2v) is 3.95. The highest BCUT2D eigenvalue weighted by Crippen LogP contribution is 2.14. The zero-order chi connectivity index (χ0) is 11.6. The van der Waals surface area contributed by atoms with Gasteiger partial charge in [-0.2, -0.15) is 0 Å².